The second-order valence-corrected chi connectivity index (χ2v) is 14.5. The summed E-state index contributed by atoms with van der Waals surface area (Å²) in [6, 6.07) is 22.4. The first-order valence-electron chi connectivity index (χ1n) is 20.1. The topological polar surface area (TPSA) is 212 Å². The highest BCUT2D eigenvalue weighted by atomic mass is 20.0. The van der Waals surface area contributed by atoms with Gasteiger partial charge in [-0.3, -0.25) is 23.1 Å². The molecule has 0 radical (unpaired) electrons. The van der Waals surface area contributed by atoms with Gasteiger partial charge in [-0.15, -0.1) is 0 Å². The van der Waals surface area contributed by atoms with Crippen LogP contribution in [0.2, 0.25) is 0 Å². The molecule has 10 rings (SSSR count). The normalized spacial score (nSPS) is 11.6. The third kappa shape index (κ3) is 16.6. The first-order valence-corrected chi connectivity index (χ1v) is 20.1. The average molecular weight is 1110 g/mol. The van der Waals surface area contributed by atoms with Crippen LogP contribution in [0, 0.1) is 13.8 Å². The van der Waals surface area contributed by atoms with Crippen LogP contribution < -0.4 is 16.0 Å². The fourth-order valence-corrected chi connectivity index (χ4v) is 6.78. The van der Waals surface area contributed by atoms with Gasteiger partial charge in [-0.2, -0.15) is 9.97 Å². The smallest absolute Gasteiger partial charge is 0.409 e. The number of nitrogens with one attached hydrogen (secondary N) is 3. The van der Waals surface area contributed by atoms with Gasteiger partial charge in [0.15, 0.2) is 0 Å². The van der Waals surface area contributed by atoms with Gasteiger partial charge < -0.3 is 34.6 Å². The minimum Gasteiger partial charge on any atom is -0.453 e. The van der Waals surface area contributed by atoms with E-state index in [0.717, 1.165) is 35.4 Å². The third-order valence-corrected chi connectivity index (χ3v) is 10.5. The molecule has 2 aliphatic heterocycles. The first-order chi connectivity index (χ1) is 36.2. The number of hydrogen-bond acceptors (Lipinski definition) is 13. The van der Waals surface area contributed by atoms with Crippen LogP contribution in [0.25, 0.3) is 34.1 Å². The van der Waals surface area contributed by atoms with Gasteiger partial charge in [-0.25, -0.2) is 14.8 Å². The van der Waals surface area contributed by atoms with Gasteiger partial charge in [-0.05, 0) is 61.4 Å². The molecule has 8 aromatic rings. The molecule has 0 saturated carbocycles. The summed E-state index contributed by atoms with van der Waals surface area (Å²) in [5.74, 6) is 1.82. The van der Waals surface area contributed by atoms with E-state index in [-0.39, 0.29) is 41.9 Å². The highest BCUT2D eigenvalue weighted by Crippen LogP contribution is 2.30. The number of pyridine rings is 2. The van der Waals surface area contributed by atoms with Crippen molar-refractivity contribution in [3.63, 3.8) is 0 Å². The van der Waals surface area contributed by atoms with Crippen LogP contribution in [0.4, 0.5) is 84.9 Å². The van der Waals surface area contributed by atoms with Crippen molar-refractivity contribution in [3.05, 3.63) is 132 Å². The summed E-state index contributed by atoms with van der Waals surface area (Å²) in [6.45, 7) is 6.51. The number of carbonyl (C=O) groups is 3. The number of nitrogens with zero attached hydrogens (tertiary/aromatic N) is 9. The number of carbonyl (C=O) groups excluding carboxylic acids is 3. The molecule has 0 spiro atoms. The molecule has 2 aliphatic rings. The third-order valence-electron chi connectivity index (χ3n) is 10.5. The van der Waals surface area contributed by atoms with Crippen molar-refractivity contribution in [1.29, 1.82) is 0 Å². The molecule has 3 amide bonds. The van der Waals surface area contributed by atoms with E-state index >= 15 is 0 Å². The number of halogens is 15. The van der Waals surface area contributed by atoms with Crippen LogP contribution in [0.1, 0.15) is 63.1 Å². The summed E-state index contributed by atoms with van der Waals surface area (Å²) in [7, 11) is 1.35. The Hall–Kier alpha value is -8.78. The molecule has 33 heteroatoms. The van der Waals surface area contributed by atoms with E-state index in [4.69, 9.17) is 77.8 Å². The molecule has 18 nitrogen and oxygen atoms in total. The Morgan fingerprint density at radius 3 is 1.37 bits per heavy atom. The number of rotatable bonds is 8. The Kier molecular flexibility index (Phi) is 31.3. The number of methoxy groups -OCH3 is 1. The predicted molar refractivity (Wildman–Crippen MR) is 242 cm³/mol. The average Bonchev–Trinajstić information content (AvgIpc) is 4.29. The van der Waals surface area contributed by atoms with Gasteiger partial charge >= 0.3 is 6.09 Å². The highest BCUT2D eigenvalue weighted by Gasteiger charge is 2.36. The van der Waals surface area contributed by atoms with Crippen molar-refractivity contribution in [2.75, 3.05) is 43.9 Å². The number of amides is 3. The van der Waals surface area contributed by atoms with Gasteiger partial charge in [0.1, 0.15) is 22.7 Å². The van der Waals surface area contributed by atoms with Crippen LogP contribution in [-0.2, 0) is 4.74 Å². The molecule has 2 aromatic carbocycles. The zero-order valence-electron chi connectivity index (χ0n) is 38.4. The lowest BCUT2D eigenvalue weighted by Gasteiger charge is -2.35. The number of imidazole rings is 2. The number of aromatic nitrogens is 8. The molecule has 0 bridgehead atoms. The Bertz CT molecular complexity index is 2940. The molecular formula is C43H43F15N12O6. The molecule has 3 N–H and O–H groups in total. The summed E-state index contributed by atoms with van der Waals surface area (Å²) in [4.78, 5) is 56.3. The molecule has 0 unspecified atom stereocenters. The number of aryl methyl sites for hydroxylation is 2. The molecule has 2 saturated heterocycles. The van der Waals surface area contributed by atoms with Crippen LogP contribution in [0.15, 0.2) is 107 Å². The number of hydrogen-bond donors (Lipinski definition) is 3. The van der Waals surface area contributed by atoms with E-state index in [9.17, 15) is 14.4 Å². The highest BCUT2D eigenvalue weighted by molar-refractivity contribution is 6.05. The molecular weight excluding hydrogens is 1070 g/mol. The van der Waals surface area contributed by atoms with Crippen molar-refractivity contribution in [1.82, 2.24) is 49.3 Å². The van der Waals surface area contributed by atoms with Crippen molar-refractivity contribution in [2.45, 2.75) is 33.1 Å². The maximum absolute atomic E-state index is 12.9. The maximum Gasteiger partial charge on any atom is 0.409 e. The molecule has 6 aromatic heterocycles. The quantitative estimate of drug-likeness (QED) is 0.121. The van der Waals surface area contributed by atoms with E-state index < -0.39 is 0 Å². The molecule has 76 heavy (non-hydrogen) atoms. The summed E-state index contributed by atoms with van der Waals surface area (Å²) in [5.41, 5.74) is 7.02. The minimum absolute atomic E-state index is 0. The van der Waals surface area contributed by atoms with Gasteiger partial charge in [0, 0.05) is 125 Å². The van der Waals surface area contributed by atoms with E-state index in [0.29, 0.717) is 70.5 Å². The van der Waals surface area contributed by atoms with E-state index in [1.807, 2.05) is 92.8 Å². The molecule has 0 atom stereocenters. The molecule has 8 heterocycles. The molecule has 0 aliphatic carbocycles. The van der Waals surface area contributed by atoms with Gasteiger partial charge in [0.2, 0.25) is 23.4 Å². The number of anilines is 2. The van der Waals surface area contributed by atoms with Crippen LogP contribution in [0.5, 0.6) is 0 Å². The van der Waals surface area contributed by atoms with Crippen LogP contribution in [-0.4, -0.2) is 95.1 Å². The summed E-state index contributed by atoms with van der Waals surface area (Å²) in [6.07, 6.45) is 6.36. The second-order valence-electron chi connectivity index (χ2n) is 14.5. The van der Waals surface area contributed by atoms with Crippen LogP contribution >= 0.6 is 0 Å². The molecule has 2 fully saturated rings. The van der Waals surface area contributed by atoms with Crippen molar-refractivity contribution >= 4 is 40.6 Å². The second kappa shape index (κ2) is 35.4. The molecule has 416 valence electrons. The fourth-order valence-electron chi connectivity index (χ4n) is 6.78. The van der Waals surface area contributed by atoms with Crippen molar-refractivity contribution < 1.29 is 96.9 Å². The lowest BCUT2D eigenvalue weighted by atomic mass is 10.0. The zero-order valence-corrected chi connectivity index (χ0v) is 38.4. The number of ether oxygens (including phenoxy) is 1. The summed E-state index contributed by atoms with van der Waals surface area (Å²) in [5, 5.41) is 17.3. The van der Waals surface area contributed by atoms with Crippen molar-refractivity contribution in [3.8, 4) is 22.8 Å². The van der Waals surface area contributed by atoms with Crippen molar-refractivity contribution in [2.24, 2.45) is 0 Å². The fraction of sp³-hybridized carbons (Fsp3) is 0.233. The minimum atomic E-state index is -0.370. The number of fused-ring (bicyclic) bond motifs is 2. The lowest BCUT2D eigenvalue weighted by molar-refractivity contribution is 0.0804. The summed E-state index contributed by atoms with van der Waals surface area (Å²) >= 11 is 0. The summed E-state index contributed by atoms with van der Waals surface area (Å²) < 4.78 is 131. The standard InChI is InChI=1S/C22H20N6O4.C20H18N6O2.CH4.7F2.FH/c1-13-6-7-14(19-25-21(32-26-19)15-11-27(12-15)22(30)31-2)9-16(13)24-20(29)17-10-23-18-5-3-4-8-28(17)18;1-12-5-6-13(18-24-20(28-25-18)14-9-21-10-14)8-15(12)23-19(27)16-11-22-17-4-2-3-7-26(16)17;;7*1-2;/h3-10,15H,11-12H2,1-2H3,(H,24,29);2-8,11,14,21H,9-10H2,1H3,(H,23,27);1H4;;;;;;;;1H. The van der Waals surface area contributed by atoms with Gasteiger partial charge in [0.05, 0.1) is 31.3 Å². The SMILES string of the molecule is C.COC(=O)N1CC(c2nc(-c3ccc(C)c(NC(=O)c4cnc5ccccn45)c3)no2)C1.Cc1ccc(-c2noc(C3CNC3)n2)cc1NC(=O)c1cnc2ccccn12.F.FF.FF.FF.FF.FF.FF.FF. The Morgan fingerprint density at radius 1 is 0.605 bits per heavy atom. The Labute approximate surface area is 418 Å². The Balaban J connectivity index is 0.00000118. The zero-order chi connectivity index (χ0) is 55.3. The van der Waals surface area contributed by atoms with Gasteiger partial charge in [-0.1, -0.05) is 54.1 Å². The first kappa shape index (κ1) is 67.2. The number of likely N-dealkylation sites (tertiary alicyclic amines) is 1. The maximum atomic E-state index is 12.9. The van der Waals surface area contributed by atoms with Gasteiger partial charge in [0.25, 0.3) is 11.8 Å². The van der Waals surface area contributed by atoms with E-state index in [1.165, 1.54) is 7.11 Å². The predicted octanol–water partition coefficient (Wildman–Crippen LogP) is 12.4. The van der Waals surface area contributed by atoms with E-state index in [2.05, 4.69) is 46.2 Å². The lowest BCUT2D eigenvalue weighted by Crippen LogP contribution is -2.48. The van der Waals surface area contributed by atoms with Crippen LogP contribution in [0.3, 0.4) is 0 Å². The monoisotopic (exact) mass is 1110 g/mol. The Morgan fingerprint density at radius 2 is 1.00 bits per heavy atom. The van der Waals surface area contributed by atoms with E-state index in [1.54, 1.807) is 32.3 Å². The largest absolute Gasteiger partial charge is 0.453 e. The number of benzene rings is 2.